The fourth-order valence-electron chi connectivity index (χ4n) is 1.91. The molecule has 1 unspecified atom stereocenters. The van der Waals surface area contributed by atoms with Crippen molar-refractivity contribution in [2.24, 2.45) is 5.92 Å². The maximum absolute atomic E-state index is 12.7. The molecule has 3 heteroatoms. The Morgan fingerprint density at radius 1 is 1.35 bits per heavy atom. The van der Waals surface area contributed by atoms with Crippen LogP contribution in [0.4, 0.5) is 4.39 Å². The molecule has 94 valence electrons. The number of nitrogens with one attached hydrogen (secondary N) is 1. The molecule has 1 aromatic carbocycles. The summed E-state index contributed by atoms with van der Waals surface area (Å²) in [5, 5.41) is 3.51. The minimum atomic E-state index is -0.222. The molecule has 0 saturated heterocycles. The maximum Gasteiger partial charge on any atom is 0.123 e. The zero-order valence-electron chi connectivity index (χ0n) is 10.3. The van der Waals surface area contributed by atoms with Crippen molar-refractivity contribution in [3.8, 4) is 5.75 Å². The van der Waals surface area contributed by atoms with Crippen molar-refractivity contribution in [1.82, 2.24) is 5.32 Å². The van der Waals surface area contributed by atoms with E-state index in [1.165, 1.54) is 25.0 Å². The van der Waals surface area contributed by atoms with Crippen molar-refractivity contribution in [3.05, 3.63) is 30.1 Å². The number of hydrogen-bond acceptors (Lipinski definition) is 2. The molecule has 0 bridgehead atoms. The predicted octanol–water partition coefficient (Wildman–Crippen LogP) is 2.98. The lowest BCUT2D eigenvalue weighted by atomic mass is 10.2. The lowest BCUT2D eigenvalue weighted by Crippen LogP contribution is -2.37. The molecule has 0 aliphatic heterocycles. The summed E-state index contributed by atoms with van der Waals surface area (Å²) in [6.07, 6.45) is 3.74. The number of ether oxygens (including phenoxy) is 1. The van der Waals surface area contributed by atoms with Gasteiger partial charge in [0.2, 0.25) is 0 Å². The van der Waals surface area contributed by atoms with Gasteiger partial charge < -0.3 is 10.1 Å². The second-order valence-corrected chi connectivity index (χ2v) is 4.66. The van der Waals surface area contributed by atoms with E-state index in [1.54, 1.807) is 12.1 Å². The van der Waals surface area contributed by atoms with Gasteiger partial charge in [0.15, 0.2) is 0 Å². The van der Waals surface area contributed by atoms with Crippen LogP contribution in [0.2, 0.25) is 0 Å². The lowest BCUT2D eigenvalue weighted by molar-refractivity contribution is 0.249. The quantitative estimate of drug-likeness (QED) is 0.787. The van der Waals surface area contributed by atoms with Crippen molar-refractivity contribution < 1.29 is 9.13 Å². The van der Waals surface area contributed by atoms with Gasteiger partial charge in [0.1, 0.15) is 18.2 Å². The molecule has 0 heterocycles. The highest BCUT2D eigenvalue weighted by Gasteiger charge is 2.31. The van der Waals surface area contributed by atoms with E-state index in [9.17, 15) is 4.39 Å². The van der Waals surface area contributed by atoms with Crippen LogP contribution >= 0.6 is 0 Å². The third kappa shape index (κ3) is 4.00. The van der Waals surface area contributed by atoms with Crippen molar-refractivity contribution in [1.29, 1.82) is 0 Å². The van der Waals surface area contributed by atoms with E-state index in [0.29, 0.717) is 12.6 Å². The Kier molecular flexibility index (Phi) is 4.37. The summed E-state index contributed by atoms with van der Waals surface area (Å²) in [5.41, 5.74) is 0. The van der Waals surface area contributed by atoms with Gasteiger partial charge in [-0.3, -0.25) is 0 Å². The topological polar surface area (TPSA) is 21.3 Å². The Bertz CT molecular complexity index is 335. The highest BCUT2D eigenvalue weighted by atomic mass is 19.1. The van der Waals surface area contributed by atoms with Crippen LogP contribution in [0, 0.1) is 11.7 Å². The van der Waals surface area contributed by atoms with E-state index in [0.717, 1.165) is 24.6 Å². The normalized spacial score (nSPS) is 16.8. The molecule has 1 aliphatic carbocycles. The maximum atomic E-state index is 12.7. The summed E-state index contributed by atoms with van der Waals surface area (Å²) in [7, 11) is 0. The molecule has 1 N–H and O–H groups in total. The average molecular weight is 237 g/mol. The van der Waals surface area contributed by atoms with Crippen LogP contribution in [-0.4, -0.2) is 19.2 Å². The summed E-state index contributed by atoms with van der Waals surface area (Å²) >= 11 is 0. The number of rotatable bonds is 7. The second kappa shape index (κ2) is 6.01. The summed E-state index contributed by atoms with van der Waals surface area (Å²) in [6.45, 7) is 3.88. The van der Waals surface area contributed by atoms with E-state index in [-0.39, 0.29) is 5.82 Å². The molecule has 1 aromatic rings. The Hall–Kier alpha value is -1.09. The number of benzene rings is 1. The van der Waals surface area contributed by atoms with Gasteiger partial charge in [-0.05, 0) is 56.0 Å². The fourth-order valence-corrected chi connectivity index (χ4v) is 1.91. The molecule has 1 aliphatic rings. The second-order valence-electron chi connectivity index (χ2n) is 4.66. The van der Waals surface area contributed by atoms with E-state index >= 15 is 0 Å². The third-order valence-corrected chi connectivity index (χ3v) is 3.09. The van der Waals surface area contributed by atoms with Gasteiger partial charge in [0, 0.05) is 6.04 Å². The van der Waals surface area contributed by atoms with Crippen LogP contribution in [0.15, 0.2) is 24.3 Å². The standard InChI is InChI=1S/C14H20FNO/c1-2-9-16-14(11-3-4-11)10-17-13-7-5-12(15)6-8-13/h5-8,11,14,16H,2-4,9-10H2,1H3. The first-order valence-corrected chi connectivity index (χ1v) is 6.41. The highest BCUT2D eigenvalue weighted by molar-refractivity contribution is 5.22. The zero-order chi connectivity index (χ0) is 12.1. The number of halogens is 1. The monoisotopic (exact) mass is 237 g/mol. The molecular formula is C14H20FNO. The van der Waals surface area contributed by atoms with Gasteiger partial charge in [0.05, 0.1) is 0 Å². The molecule has 0 aromatic heterocycles. The average Bonchev–Trinajstić information content (AvgIpc) is 3.16. The predicted molar refractivity (Wildman–Crippen MR) is 66.7 cm³/mol. The molecule has 1 saturated carbocycles. The van der Waals surface area contributed by atoms with Crippen LogP contribution in [-0.2, 0) is 0 Å². The van der Waals surface area contributed by atoms with Crippen molar-refractivity contribution in [2.75, 3.05) is 13.2 Å². The molecule has 17 heavy (non-hydrogen) atoms. The Balaban J connectivity index is 1.80. The van der Waals surface area contributed by atoms with Gasteiger partial charge in [0.25, 0.3) is 0 Å². The fraction of sp³-hybridized carbons (Fsp3) is 0.571. The van der Waals surface area contributed by atoms with E-state index in [1.807, 2.05) is 0 Å². The summed E-state index contributed by atoms with van der Waals surface area (Å²) in [6, 6.07) is 6.67. The summed E-state index contributed by atoms with van der Waals surface area (Å²) in [5.74, 6) is 1.29. The van der Waals surface area contributed by atoms with Crippen LogP contribution in [0.25, 0.3) is 0 Å². The van der Waals surface area contributed by atoms with Crippen LogP contribution in [0.3, 0.4) is 0 Å². The molecule has 1 fully saturated rings. The molecule has 2 rings (SSSR count). The minimum Gasteiger partial charge on any atom is -0.492 e. The summed E-state index contributed by atoms with van der Waals surface area (Å²) in [4.78, 5) is 0. The Morgan fingerprint density at radius 3 is 2.65 bits per heavy atom. The molecule has 2 nitrogen and oxygen atoms in total. The SMILES string of the molecule is CCCNC(COc1ccc(F)cc1)C1CC1. The van der Waals surface area contributed by atoms with Gasteiger partial charge >= 0.3 is 0 Å². The van der Waals surface area contributed by atoms with Crippen LogP contribution in [0.1, 0.15) is 26.2 Å². The van der Waals surface area contributed by atoms with Gasteiger partial charge in [-0.1, -0.05) is 6.92 Å². The van der Waals surface area contributed by atoms with Crippen molar-refractivity contribution in [2.45, 2.75) is 32.2 Å². The Morgan fingerprint density at radius 2 is 2.06 bits per heavy atom. The minimum absolute atomic E-state index is 0.222. The zero-order valence-corrected chi connectivity index (χ0v) is 10.3. The van der Waals surface area contributed by atoms with E-state index in [4.69, 9.17) is 4.74 Å². The third-order valence-electron chi connectivity index (χ3n) is 3.09. The molecule has 1 atom stereocenters. The molecule has 0 spiro atoms. The molecular weight excluding hydrogens is 217 g/mol. The van der Waals surface area contributed by atoms with Crippen molar-refractivity contribution in [3.63, 3.8) is 0 Å². The van der Waals surface area contributed by atoms with Crippen LogP contribution < -0.4 is 10.1 Å². The van der Waals surface area contributed by atoms with Gasteiger partial charge in [-0.25, -0.2) is 4.39 Å². The first-order chi connectivity index (χ1) is 8.29. The van der Waals surface area contributed by atoms with E-state index < -0.39 is 0 Å². The first kappa shape index (κ1) is 12.4. The van der Waals surface area contributed by atoms with Crippen LogP contribution in [0.5, 0.6) is 5.75 Å². The van der Waals surface area contributed by atoms with E-state index in [2.05, 4.69) is 12.2 Å². The smallest absolute Gasteiger partial charge is 0.123 e. The Labute approximate surface area is 102 Å². The number of hydrogen-bond donors (Lipinski definition) is 1. The largest absolute Gasteiger partial charge is 0.492 e. The highest BCUT2D eigenvalue weighted by Crippen LogP contribution is 2.32. The molecule has 0 radical (unpaired) electrons. The van der Waals surface area contributed by atoms with Gasteiger partial charge in [-0.2, -0.15) is 0 Å². The summed E-state index contributed by atoms with van der Waals surface area (Å²) < 4.78 is 18.4. The molecule has 0 amide bonds. The van der Waals surface area contributed by atoms with Crippen molar-refractivity contribution >= 4 is 0 Å². The lowest BCUT2D eigenvalue weighted by Gasteiger charge is -2.18. The first-order valence-electron chi connectivity index (χ1n) is 6.41. The van der Waals surface area contributed by atoms with Gasteiger partial charge in [-0.15, -0.1) is 0 Å².